The molecule has 4 rings (SSSR count). The molecule has 3 atom stereocenters. The number of urea groups is 2. The molecule has 0 saturated heterocycles. The van der Waals surface area contributed by atoms with Gasteiger partial charge in [0.25, 0.3) is 5.91 Å². The second kappa shape index (κ2) is 14.3. The van der Waals surface area contributed by atoms with Crippen LogP contribution in [0.3, 0.4) is 0 Å². The third-order valence-electron chi connectivity index (χ3n) is 8.00. The number of hydrogen-bond acceptors (Lipinski definition) is 6. The molecule has 1 saturated carbocycles. The van der Waals surface area contributed by atoms with E-state index >= 15 is 0 Å². The Bertz CT molecular complexity index is 1230. The average molecular weight is 582 g/mol. The van der Waals surface area contributed by atoms with Crippen molar-refractivity contribution in [2.24, 2.45) is 5.92 Å². The lowest BCUT2D eigenvalue weighted by atomic mass is 9.96. The Hall–Kier alpha value is -3.99. The summed E-state index contributed by atoms with van der Waals surface area (Å²) in [6.45, 7) is 4.21. The number of likely N-dealkylation sites (N-methyl/N-ethyl adjacent to an activating group) is 1. The molecule has 1 heterocycles. The van der Waals surface area contributed by atoms with Gasteiger partial charge in [-0.15, -0.1) is 0 Å². The van der Waals surface area contributed by atoms with E-state index in [4.69, 9.17) is 9.47 Å². The topological polar surface area (TPSA) is 132 Å². The molecule has 2 aliphatic rings. The van der Waals surface area contributed by atoms with Gasteiger partial charge in [-0.1, -0.05) is 26.2 Å². The van der Waals surface area contributed by atoms with E-state index in [1.54, 1.807) is 73.3 Å². The number of carbonyl (C=O) groups excluding carboxylic acids is 3. The van der Waals surface area contributed by atoms with Gasteiger partial charge < -0.3 is 40.3 Å². The quantitative estimate of drug-likeness (QED) is 0.362. The molecule has 1 fully saturated rings. The summed E-state index contributed by atoms with van der Waals surface area (Å²) in [5, 5.41) is 18.6. The Balaban J connectivity index is 1.51. The molecule has 11 heteroatoms. The number of aliphatic hydroxyl groups is 1. The van der Waals surface area contributed by atoms with Crippen LogP contribution in [0.5, 0.6) is 11.5 Å². The molecule has 0 bridgehead atoms. The highest BCUT2D eigenvalue weighted by Crippen LogP contribution is 2.31. The lowest BCUT2D eigenvalue weighted by Crippen LogP contribution is -2.52. The fourth-order valence-electron chi connectivity index (χ4n) is 5.37. The summed E-state index contributed by atoms with van der Waals surface area (Å²) >= 11 is 0. The van der Waals surface area contributed by atoms with Crippen molar-refractivity contribution in [3.63, 3.8) is 0 Å². The monoisotopic (exact) mass is 581 g/mol. The molecule has 2 aromatic carbocycles. The van der Waals surface area contributed by atoms with Crippen molar-refractivity contribution in [2.45, 2.75) is 64.1 Å². The second-order valence-electron chi connectivity index (χ2n) is 11.3. The lowest BCUT2D eigenvalue weighted by molar-refractivity contribution is 0.0366. The molecule has 11 nitrogen and oxygen atoms in total. The molecule has 42 heavy (non-hydrogen) atoms. The molecule has 4 N–H and O–H groups in total. The van der Waals surface area contributed by atoms with E-state index in [2.05, 4.69) is 16.0 Å². The number of ether oxygens (including phenoxy) is 2. The van der Waals surface area contributed by atoms with Crippen molar-refractivity contribution in [2.75, 3.05) is 44.5 Å². The highest BCUT2D eigenvalue weighted by molar-refractivity contribution is 6.02. The maximum Gasteiger partial charge on any atom is 0.323 e. The van der Waals surface area contributed by atoms with Gasteiger partial charge in [0, 0.05) is 36.9 Å². The zero-order valence-electron chi connectivity index (χ0n) is 24.9. The first kappa shape index (κ1) is 31.0. The first-order chi connectivity index (χ1) is 20.2. The Morgan fingerprint density at radius 1 is 1.10 bits per heavy atom. The Morgan fingerprint density at radius 2 is 1.76 bits per heavy atom. The number of fused-ring (bicyclic) bond motifs is 1. The summed E-state index contributed by atoms with van der Waals surface area (Å²) in [6, 6.07) is 11.0. The van der Waals surface area contributed by atoms with E-state index in [-0.39, 0.29) is 36.1 Å². The van der Waals surface area contributed by atoms with Crippen molar-refractivity contribution in [1.29, 1.82) is 0 Å². The van der Waals surface area contributed by atoms with Crippen molar-refractivity contribution in [3.05, 3.63) is 48.0 Å². The molecular weight excluding hydrogens is 538 g/mol. The van der Waals surface area contributed by atoms with Gasteiger partial charge in [-0.2, -0.15) is 0 Å². The summed E-state index contributed by atoms with van der Waals surface area (Å²) < 4.78 is 11.5. The van der Waals surface area contributed by atoms with Crippen LogP contribution in [0.1, 0.15) is 56.3 Å². The van der Waals surface area contributed by atoms with Gasteiger partial charge in [0.2, 0.25) is 0 Å². The number of methoxy groups -OCH3 is 1. The first-order valence-electron chi connectivity index (χ1n) is 14.6. The van der Waals surface area contributed by atoms with Gasteiger partial charge in [0.1, 0.15) is 17.6 Å². The van der Waals surface area contributed by atoms with Crippen LogP contribution in [0.2, 0.25) is 0 Å². The number of amides is 5. The van der Waals surface area contributed by atoms with Crippen molar-refractivity contribution >= 4 is 29.3 Å². The van der Waals surface area contributed by atoms with Crippen molar-refractivity contribution in [3.8, 4) is 11.5 Å². The molecule has 228 valence electrons. The van der Waals surface area contributed by atoms with E-state index in [9.17, 15) is 19.5 Å². The molecular formula is C31H43N5O6. The van der Waals surface area contributed by atoms with Crippen LogP contribution in [0, 0.1) is 5.92 Å². The SMILES string of the molecule is COc1ccc(NC(=O)Nc2ccc3c(c2)C(=O)N([C@@H](C)CO)C[C@H](C)[C@H](CN(C)C(=O)NC2CCCCC2)O3)cc1. The van der Waals surface area contributed by atoms with E-state index < -0.39 is 18.2 Å². The highest BCUT2D eigenvalue weighted by atomic mass is 16.5. The van der Waals surface area contributed by atoms with E-state index in [0.717, 1.165) is 25.7 Å². The van der Waals surface area contributed by atoms with Crippen molar-refractivity contribution in [1.82, 2.24) is 15.1 Å². The molecule has 0 radical (unpaired) electrons. The summed E-state index contributed by atoms with van der Waals surface area (Å²) in [4.78, 5) is 42.6. The average Bonchev–Trinajstić information content (AvgIpc) is 2.99. The van der Waals surface area contributed by atoms with Crippen LogP contribution in [0.15, 0.2) is 42.5 Å². The van der Waals surface area contributed by atoms with E-state index in [1.807, 2.05) is 6.92 Å². The normalized spacial score (nSPS) is 19.8. The van der Waals surface area contributed by atoms with Crippen LogP contribution in [0.25, 0.3) is 0 Å². The molecule has 1 aliphatic heterocycles. The Labute approximate surface area is 247 Å². The van der Waals surface area contributed by atoms with Crippen LogP contribution in [-0.4, -0.2) is 84.9 Å². The molecule has 0 spiro atoms. The highest BCUT2D eigenvalue weighted by Gasteiger charge is 2.34. The number of aliphatic hydroxyl groups excluding tert-OH is 1. The van der Waals surface area contributed by atoms with E-state index in [1.165, 1.54) is 6.42 Å². The van der Waals surface area contributed by atoms with Gasteiger partial charge in [0.15, 0.2) is 0 Å². The van der Waals surface area contributed by atoms with Crippen molar-refractivity contribution < 1.29 is 29.0 Å². The third kappa shape index (κ3) is 7.84. The molecule has 5 amide bonds. The van der Waals surface area contributed by atoms with Gasteiger partial charge in [-0.3, -0.25) is 4.79 Å². The summed E-state index contributed by atoms with van der Waals surface area (Å²) in [7, 11) is 3.32. The first-order valence-corrected chi connectivity index (χ1v) is 14.6. The van der Waals surface area contributed by atoms with Gasteiger partial charge >= 0.3 is 12.1 Å². The minimum atomic E-state index is -0.475. The predicted octanol–water partition coefficient (Wildman–Crippen LogP) is 4.53. The minimum absolute atomic E-state index is 0.130. The van der Waals surface area contributed by atoms with Gasteiger partial charge in [-0.05, 0) is 62.2 Å². The number of anilines is 2. The summed E-state index contributed by atoms with van der Waals surface area (Å²) in [5.74, 6) is 0.592. The number of carbonyl (C=O) groups is 3. The lowest BCUT2D eigenvalue weighted by Gasteiger charge is -2.38. The molecule has 0 aromatic heterocycles. The third-order valence-corrected chi connectivity index (χ3v) is 8.00. The predicted molar refractivity (Wildman–Crippen MR) is 161 cm³/mol. The smallest absolute Gasteiger partial charge is 0.323 e. The van der Waals surface area contributed by atoms with Gasteiger partial charge in [-0.25, -0.2) is 9.59 Å². The Kier molecular flexibility index (Phi) is 10.5. The van der Waals surface area contributed by atoms with E-state index in [0.29, 0.717) is 36.0 Å². The van der Waals surface area contributed by atoms with Crippen LogP contribution in [0.4, 0.5) is 21.0 Å². The van der Waals surface area contributed by atoms with Crippen LogP contribution < -0.4 is 25.4 Å². The zero-order chi connectivity index (χ0) is 30.2. The fourth-order valence-corrected chi connectivity index (χ4v) is 5.37. The molecule has 2 aromatic rings. The number of benzene rings is 2. The summed E-state index contributed by atoms with van der Waals surface area (Å²) in [6.07, 6.45) is 5.04. The number of rotatable bonds is 8. The molecule has 0 unspecified atom stereocenters. The minimum Gasteiger partial charge on any atom is -0.497 e. The Morgan fingerprint density at radius 3 is 2.43 bits per heavy atom. The molecule has 1 aliphatic carbocycles. The fraction of sp³-hybridized carbons (Fsp3) is 0.516. The zero-order valence-corrected chi connectivity index (χ0v) is 24.9. The van der Waals surface area contributed by atoms with Crippen LogP contribution in [-0.2, 0) is 0 Å². The second-order valence-corrected chi connectivity index (χ2v) is 11.3. The maximum atomic E-state index is 13.7. The standard InChI is InChI=1S/C31H43N5O6/c1-20-17-36(21(2)19-37)29(38)26-16-24(33-30(39)32-23-10-13-25(41-4)14-11-23)12-15-27(26)42-28(20)18-35(3)31(40)34-22-8-6-5-7-9-22/h10-16,20-22,28,37H,5-9,17-19H2,1-4H3,(H,34,40)(H2,32,33,39)/t20-,21-,28-/m0/s1. The summed E-state index contributed by atoms with van der Waals surface area (Å²) in [5.41, 5.74) is 1.25. The number of nitrogens with zero attached hydrogens (tertiary/aromatic N) is 2. The maximum absolute atomic E-state index is 13.7. The number of hydrogen-bond donors (Lipinski definition) is 4. The number of nitrogens with one attached hydrogen (secondary N) is 3. The van der Waals surface area contributed by atoms with Gasteiger partial charge in [0.05, 0.1) is 31.9 Å². The van der Waals surface area contributed by atoms with Crippen LogP contribution >= 0.6 is 0 Å². The largest absolute Gasteiger partial charge is 0.497 e.